The molecule has 1 atom stereocenters. The van der Waals surface area contributed by atoms with Gasteiger partial charge in [-0.15, -0.1) is 0 Å². The summed E-state index contributed by atoms with van der Waals surface area (Å²) in [6.07, 6.45) is 3.21. The van der Waals surface area contributed by atoms with Gasteiger partial charge in [-0.25, -0.2) is 0 Å². The fourth-order valence-corrected chi connectivity index (χ4v) is 6.99. The van der Waals surface area contributed by atoms with E-state index in [0.717, 1.165) is 39.0 Å². The van der Waals surface area contributed by atoms with Crippen LogP contribution < -0.4 is 0 Å². The van der Waals surface area contributed by atoms with Crippen molar-refractivity contribution in [3.05, 3.63) is 161 Å². The summed E-state index contributed by atoms with van der Waals surface area (Å²) in [7, 11) is 4.18. The molecule has 1 aliphatic rings. The number of rotatable bonds is 12. The standard InChI is InChI=1S/C44H40O7/c1-48-40(32-20-12-6-13-21-32)39-38-36(35(31-18-10-5-11-19-31)27-26-34(45)25-24-30-16-8-4-9-17-30)28-44(42(46)49-2,43(47)50-3)29-37(38)51-41(39)33-22-14-7-15-23-33/h4-25,40H,26-29H2,1-3H3/b25-24-,36-35+/t40-/m0/s1. The number of benzene rings is 4. The van der Waals surface area contributed by atoms with Crippen LogP contribution in [-0.4, -0.2) is 39.1 Å². The smallest absolute Gasteiger partial charge is 0.324 e. The molecule has 0 bridgehead atoms. The van der Waals surface area contributed by atoms with E-state index in [1.165, 1.54) is 14.2 Å². The van der Waals surface area contributed by atoms with Crippen molar-refractivity contribution in [2.24, 2.45) is 5.41 Å². The summed E-state index contributed by atoms with van der Waals surface area (Å²) in [5.74, 6) is -0.515. The third-order valence-corrected chi connectivity index (χ3v) is 9.42. The Bertz CT molecular complexity index is 2030. The molecule has 7 nitrogen and oxygen atoms in total. The van der Waals surface area contributed by atoms with E-state index in [1.54, 1.807) is 19.3 Å². The Morgan fingerprint density at radius 2 is 1.29 bits per heavy atom. The fraction of sp³-hybridized carbons (Fsp3) is 0.205. The molecule has 0 aliphatic heterocycles. The minimum Gasteiger partial charge on any atom is -0.468 e. The van der Waals surface area contributed by atoms with E-state index in [0.29, 0.717) is 23.5 Å². The van der Waals surface area contributed by atoms with Gasteiger partial charge in [-0.05, 0) is 40.3 Å². The molecule has 0 N–H and O–H groups in total. The zero-order valence-corrected chi connectivity index (χ0v) is 29.0. The number of allylic oxidation sites excluding steroid dienone is 3. The maximum atomic E-state index is 13.8. The highest BCUT2D eigenvalue weighted by atomic mass is 16.5. The topological polar surface area (TPSA) is 92.0 Å². The third kappa shape index (κ3) is 7.25. The highest BCUT2D eigenvalue weighted by molar-refractivity contribution is 6.07. The second-order valence-corrected chi connectivity index (χ2v) is 12.5. The number of fused-ring (bicyclic) bond motifs is 1. The molecule has 0 saturated heterocycles. The zero-order chi connectivity index (χ0) is 35.8. The van der Waals surface area contributed by atoms with E-state index in [1.807, 2.05) is 121 Å². The van der Waals surface area contributed by atoms with Crippen molar-refractivity contribution in [3.63, 3.8) is 0 Å². The van der Waals surface area contributed by atoms with Gasteiger partial charge >= 0.3 is 11.9 Å². The average Bonchev–Trinajstić information content (AvgIpc) is 3.57. The quantitative estimate of drug-likeness (QED) is 0.0738. The van der Waals surface area contributed by atoms with Gasteiger partial charge in [0.2, 0.25) is 0 Å². The summed E-state index contributed by atoms with van der Waals surface area (Å²) in [6, 6.07) is 38.9. The lowest BCUT2D eigenvalue weighted by molar-refractivity contribution is -0.169. The van der Waals surface area contributed by atoms with Gasteiger partial charge in [0.05, 0.1) is 14.2 Å². The monoisotopic (exact) mass is 680 g/mol. The van der Waals surface area contributed by atoms with Crippen LogP contribution in [0, 0.1) is 5.41 Å². The molecule has 1 heterocycles. The lowest BCUT2D eigenvalue weighted by Crippen LogP contribution is -2.45. The highest BCUT2D eigenvalue weighted by Gasteiger charge is 2.54. The van der Waals surface area contributed by atoms with E-state index < -0.39 is 23.5 Å². The Hall–Kier alpha value is -5.79. The van der Waals surface area contributed by atoms with Crippen LogP contribution in [0.25, 0.3) is 28.5 Å². The highest BCUT2D eigenvalue weighted by Crippen LogP contribution is 2.53. The third-order valence-electron chi connectivity index (χ3n) is 9.42. The van der Waals surface area contributed by atoms with Crippen LogP contribution in [0.4, 0.5) is 0 Å². The van der Waals surface area contributed by atoms with E-state index in [9.17, 15) is 14.4 Å². The summed E-state index contributed by atoms with van der Waals surface area (Å²) >= 11 is 0. The van der Waals surface area contributed by atoms with Crippen LogP contribution in [0.3, 0.4) is 0 Å². The van der Waals surface area contributed by atoms with Crippen LogP contribution >= 0.6 is 0 Å². The summed E-state index contributed by atoms with van der Waals surface area (Å²) in [6.45, 7) is 0. The second-order valence-electron chi connectivity index (χ2n) is 12.5. The molecule has 4 aromatic carbocycles. The van der Waals surface area contributed by atoms with E-state index >= 15 is 0 Å². The molecular weight excluding hydrogens is 640 g/mol. The molecule has 0 fully saturated rings. The Labute approximate surface area is 298 Å². The van der Waals surface area contributed by atoms with Crippen molar-refractivity contribution < 1.29 is 33.0 Å². The summed E-state index contributed by atoms with van der Waals surface area (Å²) in [4.78, 5) is 41.0. The Morgan fingerprint density at radius 1 is 0.725 bits per heavy atom. The minimum atomic E-state index is -1.73. The zero-order valence-electron chi connectivity index (χ0n) is 29.0. The van der Waals surface area contributed by atoms with Crippen LogP contribution in [0.2, 0.25) is 0 Å². The summed E-state index contributed by atoms with van der Waals surface area (Å²) < 4.78 is 23.7. The number of methoxy groups -OCH3 is 3. The number of esters is 2. The molecular formula is C44H40O7. The van der Waals surface area contributed by atoms with Gasteiger partial charge in [0.15, 0.2) is 11.2 Å². The lowest BCUT2D eigenvalue weighted by atomic mass is 9.68. The normalized spacial score (nSPS) is 15.1. The molecule has 51 heavy (non-hydrogen) atoms. The van der Waals surface area contributed by atoms with Gasteiger partial charge in [0.25, 0.3) is 0 Å². The predicted molar refractivity (Wildman–Crippen MR) is 197 cm³/mol. The number of carbonyl (C=O) groups excluding carboxylic acids is 3. The van der Waals surface area contributed by atoms with Crippen LogP contribution in [0.15, 0.2) is 132 Å². The van der Waals surface area contributed by atoms with Crippen molar-refractivity contribution in [2.75, 3.05) is 21.3 Å². The molecule has 0 unspecified atom stereocenters. The van der Waals surface area contributed by atoms with Crippen molar-refractivity contribution in [1.82, 2.24) is 0 Å². The molecule has 7 heteroatoms. The Kier molecular flexibility index (Phi) is 10.9. The van der Waals surface area contributed by atoms with E-state index in [-0.39, 0.29) is 25.0 Å². The average molecular weight is 681 g/mol. The first-order valence-electron chi connectivity index (χ1n) is 16.9. The number of hydrogen-bond acceptors (Lipinski definition) is 7. The minimum absolute atomic E-state index is 0.0381. The first-order chi connectivity index (χ1) is 24.9. The number of hydrogen-bond donors (Lipinski definition) is 0. The van der Waals surface area contributed by atoms with Gasteiger partial charge in [-0.2, -0.15) is 0 Å². The molecule has 1 aliphatic carbocycles. The first-order valence-corrected chi connectivity index (χ1v) is 16.9. The SMILES string of the molecule is COC(=O)C1(C(=O)OC)C/C(=C(/CCC(=O)/C=C\c2ccccc2)c2ccccc2)c2c(oc(-c3ccccc3)c2[C@@H](OC)c2ccccc2)C1. The fourth-order valence-electron chi connectivity index (χ4n) is 6.99. The van der Waals surface area contributed by atoms with Gasteiger partial charge in [-0.3, -0.25) is 14.4 Å². The van der Waals surface area contributed by atoms with Crippen molar-refractivity contribution in [1.29, 1.82) is 0 Å². The molecule has 0 spiro atoms. The lowest BCUT2D eigenvalue weighted by Gasteiger charge is -2.34. The van der Waals surface area contributed by atoms with Crippen LogP contribution in [-0.2, 0) is 35.0 Å². The largest absolute Gasteiger partial charge is 0.468 e. The number of ketones is 1. The molecule has 258 valence electrons. The van der Waals surface area contributed by atoms with E-state index in [4.69, 9.17) is 18.6 Å². The van der Waals surface area contributed by atoms with Gasteiger partial charge in [0, 0.05) is 43.1 Å². The maximum absolute atomic E-state index is 13.8. The number of furan rings is 1. The van der Waals surface area contributed by atoms with Crippen LogP contribution in [0.5, 0.6) is 0 Å². The van der Waals surface area contributed by atoms with Gasteiger partial charge in [0.1, 0.15) is 17.6 Å². The Balaban J connectivity index is 1.63. The molecule has 1 aromatic heterocycles. The first kappa shape index (κ1) is 35.1. The van der Waals surface area contributed by atoms with E-state index in [2.05, 4.69) is 0 Å². The molecule has 0 amide bonds. The summed E-state index contributed by atoms with van der Waals surface area (Å²) in [5.41, 5.74) is 4.77. The van der Waals surface area contributed by atoms with Crippen molar-refractivity contribution >= 4 is 34.9 Å². The van der Waals surface area contributed by atoms with Crippen LogP contribution in [0.1, 0.15) is 58.9 Å². The molecule has 6 rings (SSSR count). The molecule has 0 saturated carbocycles. The molecule has 5 aromatic rings. The van der Waals surface area contributed by atoms with Gasteiger partial charge in [-0.1, -0.05) is 127 Å². The van der Waals surface area contributed by atoms with Gasteiger partial charge < -0.3 is 18.6 Å². The molecule has 0 radical (unpaired) electrons. The Morgan fingerprint density at radius 3 is 1.88 bits per heavy atom. The predicted octanol–water partition coefficient (Wildman–Crippen LogP) is 8.93. The number of ether oxygens (including phenoxy) is 3. The van der Waals surface area contributed by atoms with Crippen molar-refractivity contribution in [3.8, 4) is 11.3 Å². The summed E-state index contributed by atoms with van der Waals surface area (Å²) in [5, 5.41) is 0. The maximum Gasteiger partial charge on any atom is 0.324 e. The number of carbonyl (C=O) groups is 3. The second kappa shape index (κ2) is 15.8. The van der Waals surface area contributed by atoms with Crippen molar-refractivity contribution in [2.45, 2.75) is 31.8 Å².